The topological polar surface area (TPSA) is 12.9 Å². The smallest absolute Gasteiger partial charge is 0.0890 e. The molecular weight excluding hydrogens is 226 g/mol. The number of halogens is 1. The van der Waals surface area contributed by atoms with Crippen LogP contribution in [0.1, 0.15) is 23.3 Å². The van der Waals surface area contributed by atoms with E-state index in [1.807, 2.05) is 19.1 Å². The van der Waals surface area contributed by atoms with Crippen molar-refractivity contribution in [2.45, 2.75) is 19.1 Å². The van der Waals surface area contributed by atoms with Crippen LogP contribution in [0.25, 0.3) is 10.9 Å². The van der Waals surface area contributed by atoms with Crippen LogP contribution in [0.5, 0.6) is 0 Å². The van der Waals surface area contributed by atoms with Crippen LogP contribution in [-0.2, 0) is 0 Å². The van der Waals surface area contributed by atoms with Gasteiger partial charge in [-0.2, -0.15) is 12.6 Å². The first kappa shape index (κ1) is 10.8. The second-order valence-corrected chi connectivity index (χ2v) is 4.88. The standard InChI is InChI=1S/C12H12ClNS/c1-7-3-4-14-12-10(7)5-9(8(2)15)6-11(12)13/h3-6,8,15H,1-2H3. The minimum atomic E-state index is 0.187. The highest BCUT2D eigenvalue weighted by Crippen LogP contribution is 2.30. The van der Waals surface area contributed by atoms with Crippen LogP contribution < -0.4 is 0 Å². The molecule has 0 N–H and O–H groups in total. The maximum absolute atomic E-state index is 6.18. The quantitative estimate of drug-likeness (QED) is 0.734. The normalized spacial score (nSPS) is 13.1. The van der Waals surface area contributed by atoms with Gasteiger partial charge in [-0.3, -0.25) is 4.98 Å². The summed E-state index contributed by atoms with van der Waals surface area (Å²) in [6.07, 6.45) is 1.79. The number of benzene rings is 1. The first-order chi connectivity index (χ1) is 7.09. The van der Waals surface area contributed by atoms with Gasteiger partial charge >= 0.3 is 0 Å². The lowest BCUT2D eigenvalue weighted by atomic mass is 10.1. The molecule has 1 atom stereocenters. The van der Waals surface area contributed by atoms with Gasteiger partial charge < -0.3 is 0 Å². The largest absolute Gasteiger partial charge is 0.255 e. The summed E-state index contributed by atoms with van der Waals surface area (Å²) in [7, 11) is 0. The van der Waals surface area contributed by atoms with Crippen molar-refractivity contribution in [1.29, 1.82) is 0 Å². The maximum atomic E-state index is 6.18. The second kappa shape index (κ2) is 4.03. The molecule has 0 radical (unpaired) electrons. The molecule has 1 nitrogen and oxygen atoms in total. The Balaban J connectivity index is 2.80. The van der Waals surface area contributed by atoms with Crippen molar-refractivity contribution >= 4 is 35.1 Å². The third-order valence-electron chi connectivity index (χ3n) is 2.52. The van der Waals surface area contributed by atoms with E-state index in [1.54, 1.807) is 6.20 Å². The van der Waals surface area contributed by atoms with Gasteiger partial charge in [-0.05, 0) is 43.2 Å². The first-order valence-corrected chi connectivity index (χ1v) is 5.72. The van der Waals surface area contributed by atoms with Crippen LogP contribution in [0, 0.1) is 6.92 Å². The van der Waals surface area contributed by atoms with E-state index in [1.165, 1.54) is 5.56 Å². The van der Waals surface area contributed by atoms with Crippen molar-refractivity contribution in [3.05, 3.63) is 40.5 Å². The average Bonchev–Trinajstić information content (AvgIpc) is 2.19. The lowest BCUT2D eigenvalue weighted by molar-refractivity contribution is 1.11. The molecule has 0 spiro atoms. The van der Waals surface area contributed by atoms with E-state index in [0.717, 1.165) is 16.5 Å². The van der Waals surface area contributed by atoms with Gasteiger partial charge in [-0.25, -0.2) is 0 Å². The van der Waals surface area contributed by atoms with E-state index in [2.05, 4.69) is 30.6 Å². The van der Waals surface area contributed by atoms with E-state index >= 15 is 0 Å². The fraction of sp³-hybridized carbons (Fsp3) is 0.250. The van der Waals surface area contributed by atoms with Gasteiger partial charge in [0, 0.05) is 16.8 Å². The number of rotatable bonds is 1. The van der Waals surface area contributed by atoms with Crippen molar-refractivity contribution in [1.82, 2.24) is 4.98 Å². The number of thiol groups is 1. The molecule has 1 heterocycles. The minimum absolute atomic E-state index is 0.187. The van der Waals surface area contributed by atoms with Crippen molar-refractivity contribution in [2.24, 2.45) is 0 Å². The fourth-order valence-corrected chi connectivity index (χ4v) is 2.03. The molecule has 0 saturated carbocycles. The molecule has 1 unspecified atom stereocenters. The highest BCUT2D eigenvalue weighted by atomic mass is 35.5. The van der Waals surface area contributed by atoms with Crippen LogP contribution >= 0.6 is 24.2 Å². The summed E-state index contributed by atoms with van der Waals surface area (Å²) in [5.74, 6) is 0. The third kappa shape index (κ3) is 1.97. The average molecular weight is 238 g/mol. The Morgan fingerprint density at radius 3 is 2.80 bits per heavy atom. The number of hydrogen-bond acceptors (Lipinski definition) is 2. The van der Waals surface area contributed by atoms with Gasteiger partial charge in [-0.1, -0.05) is 11.6 Å². The van der Waals surface area contributed by atoms with Crippen LogP contribution in [0.3, 0.4) is 0 Å². The number of fused-ring (bicyclic) bond motifs is 1. The van der Waals surface area contributed by atoms with Gasteiger partial charge in [0.2, 0.25) is 0 Å². The molecule has 0 saturated heterocycles. The van der Waals surface area contributed by atoms with Gasteiger partial charge in [-0.15, -0.1) is 0 Å². The molecule has 2 rings (SSSR count). The summed E-state index contributed by atoms with van der Waals surface area (Å²) in [5.41, 5.74) is 3.19. The van der Waals surface area contributed by atoms with Gasteiger partial charge in [0.25, 0.3) is 0 Å². The van der Waals surface area contributed by atoms with Crippen molar-refractivity contribution in [3.63, 3.8) is 0 Å². The van der Waals surface area contributed by atoms with E-state index in [4.69, 9.17) is 11.6 Å². The van der Waals surface area contributed by atoms with Crippen molar-refractivity contribution in [2.75, 3.05) is 0 Å². The molecule has 15 heavy (non-hydrogen) atoms. The summed E-state index contributed by atoms with van der Waals surface area (Å²) in [5, 5.41) is 2.00. The van der Waals surface area contributed by atoms with E-state index < -0.39 is 0 Å². The molecule has 0 aliphatic rings. The number of pyridine rings is 1. The Morgan fingerprint density at radius 1 is 1.40 bits per heavy atom. The Morgan fingerprint density at radius 2 is 2.13 bits per heavy atom. The van der Waals surface area contributed by atoms with Crippen LogP contribution in [0.4, 0.5) is 0 Å². The Hall–Kier alpha value is -0.730. The van der Waals surface area contributed by atoms with Gasteiger partial charge in [0.1, 0.15) is 0 Å². The summed E-state index contributed by atoms with van der Waals surface area (Å²) >= 11 is 10.6. The Kier molecular flexibility index (Phi) is 2.89. The molecule has 0 aliphatic carbocycles. The molecule has 0 aliphatic heterocycles. The molecule has 2 aromatic rings. The highest BCUT2D eigenvalue weighted by Gasteiger charge is 2.07. The molecular formula is C12H12ClNS. The number of hydrogen-bond donors (Lipinski definition) is 1. The van der Waals surface area contributed by atoms with E-state index in [0.29, 0.717) is 5.02 Å². The predicted molar refractivity (Wildman–Crippen MR) is 68.9 cm³/mol. The number of aromatic nitrogens is 1. The summed E-state index contributed by atoms with van der Waals surface area (Å²) in [6.45, 7) is 4.10. The van der Waals surface area contributed by atoms with Crippen molar-refractivity contribution < 1.29 is 0 Å². The molecule has 3 heteroatoms. The maximum Gasteiger partial charge on any atom is 0.0890 e. The van der Waals surface area contributed by atoms with Gasteiger partial charge in [0.05, 0.1) is 10.5 Å². The Labute approximate surface area is 99.9 Å². The van der Waals surface area contributed by atoms with Crippen molar-refractivity contribution in [3.8, 4) is 0 Å². The summed E-state index contributed by atoms with van der Waals surface area (Å²) < 4.78 is 0. The minimum Gasteiger partial charge on any atom is -0.255 e. The lowest BCUT2D eigenvalue weighted by Gasteiger charge is -2.09. The SMILES string of the molecule is Cc1ccnc2c(Cl)cc(C(C)S)cc12. The zero-order valence-corrected chi connectivity index (χ0v) is 10.3. The predicted octanol–water partition coefficient (Wildman–Crippen LogP) is 4.19. The van der Waals surface area contributed by atoms with Crippen LogP contribution in [0.15, 0.2) is 24.4 Å². The number of nitrogens with zero attached hydrogens (tertiary/aromatic N) is 1. The number of aryl methyl sites for hydroxylation is 1. The molecule has 1 aromatic heterocycles. The van der Waals surface area contributed by atoms with Gasteiger partial charge in [0.15, 0.2) is 0 Å². The molecule has 0 amide bonds. The first-order valence-electron chi connectivity index (χ1n) is 4.82. The molecule has 0 fully saturated rings. The van der Waals surface area contributed by atoms with Crippen LogP contribution in [0.2, 0.25) is 5.02 Å². The van der Waals surface area contributed by atoms with E-state index in [9.17, 15) is 0 Å². The zero-order chi connectivity index (χ0) is 11.0. The second-order valence-electron chi connectivity index (χ2n) is 3.70. The monoisotopic (exact) mass is 237 g/mol. The summed E-state index contributed by atoms with van der Waals surface area (Å²) in [4.78, 5) is 4.29. The Bertz CT molecular complexity index is 508. The fourth-order valence-electron chi connectivity index (χ4n) is 1.61. The summed E-state index contributed by atoms with van der Waals surface area (Å²) in [6, 6.07) is 6.04. The highest BCUT2D eigenvalue weighted by molar-refractivity contribution is 7.80. The van der Waals surface area contributed by atoms with Crippen LogP contribution in [-0.4, -0.2) is 4.98 Å². The molecule has 1 aromatic carbocycles. The lowest BCUT2D eigenvalue weighted by Crippen LogP contribution is -1.89. The van der Waals surface area contributed by atoms with E-state index in [-0.39, 0.29) is 5.25 Å². The molecule has 0 bridgehead atoms. The molecule has 78 valence electrons. The third-order valence-corrected chi connectivity index (χ3v) is 3.11. The zero-order valence-electron chi connectivity index (χ0n) is 8.66.